The van der Waals surface area contributed by atoms with Gasteiger partial charge in [-0.25, -0.2) is 0 Å². The highest BCUT2D eigenvalue weighted by Crippen LogP contribution is 2.50. The van der Waals surface area contributed by atoms with Gasteiger partial charge in [-0.2, -0.15) is 0 Å². The summed E-state index contributed by atoms with van der Waals surface area (Å²) in [6, 6.07) is 6.14. The molecule has 27 heavy (non-hydrogen) atoms. The van der Waals surface area contributed by atoms with Crippen LogP contribution in [0.2, 0.25) is 10.0 Å². The van der Waals surface area contributed by atoms with E-state index >= 15 is 0 Å². The van der Waals surface area contributed by atoms with Crippen molar-refractivity contribution in [3.63, 3.8) is 0 Å². The zero-order chi connectivity index (χ0) is 18.9. The van der Waals surface area contributed by atoms with Crippen molar-refractivity contribution >= 4 is 51.5 Å². The Morgan fingerprint density at radius 1 is 1.11 bits per heavy atom. The first-order valence-electron chi connectivity index (χ1n) is 9.48. The Morgan fingerprint density at radius 3 is 2.33 bits per heavy atom. The summed E-state index contributed by atoms with van der Waals surface area (Å²) in [5.74, 6) is 1.15. The van der Waals surface area contributed by atoms with Crippen LogP contribution in [0.5, 0.6) is 0 Å². The van der Waals surface area contributed by atoms with E-state index in [0.29, 0.717) is 21.9 Å². The van der Waals surface area contributed by atoms with Crippen LogP contribution in [0.15, 0.2) is 28.6 Å². The molecule has 2 nitrogen and oxygen atoms in total. The van der Waals surface area contributed by atoms with E-state index in [-0.39, 0.29) is 22.4 Å². The molecule has 0 atom stereocenters. The molecule has 1 saturated carbocycles. The van der Waals surface area contributed by atoms with E-state index in [4.69, 9.17) is 28.2 Å². The molecule has 1 aromatic carbocycles. The highest BCUT2D eigenvalue weighted by molar-refractivity contribution is 8.93. The van der Waals surface area contributed by atoms with E-state index in [0.717, 1.165) is 30.7 Å². The van der Waals surface area contributed by atoms with Crippen molar-refractivity contribution in [2.75, 3.05) is 6.54 Å². The molecule has 0 N–H and O–H groups in total. The number of nitrogens with zero attached hydrogens (tertiary/aromatic N) is 2. The second-order valence-electron chi connectivity index (χ2n) is 8.21. The molecule has 1 aromatic heterocycles. The molecule has 0 saturated heterocycles. The number of aromatic nitrogens is 1. The minimum Gasteiger partial charge on any atom is -0.320 e. The summed E-state index contributed by atoms with van der Waals surface area (Å²) in [5.41, 5.74) is 2.72. The lowest BCUT2D eigenvalue weighted by Crippen LogP contribution is -2.39. The summed E-state index contributed by atoms with van der Waals surface area (Å²) in [6.45, 7) is 10.8. The topological polar surface area (TPSA) is 17.3 Å². The van der Waals surface area contributed by atoms with Gasteiger partial charge in [-0.05, 0) is 42.4 Å². The van der Waals surface area contributed by atoms with Crippen molar-refractivity contribution in [2.24, 2.45) is 16.8 Å². The summed E-state index contributed by atoms with van der Waals surface area (Å²) in [6.07, 6.45) is 3.56. The van der Waals surface area contributed by atoms with Crippen LogP contribution in [0.4, 0.5) is 0 Å². The molecule has 150 valence electrons. The number of halogens is 3. The first-order chi connectivity index (χ1) is 12.3. The zero-order valence-electron chi connectivity index (χ0n) is 16.5. The number of hydrogen-bond donors (Lipinski definition) is 0. The molecule has 1 heterocycles. The molecule has 0 aliphatic heterocycles. The summed E-state index contributed by atoms with van der Waals surface area (Å²) < 4.78 is 2.46. The van der Waals surface area contributed by atoms with Crippen LogP contribution in [0.25, 0.3) is 0 Å². The van der Waals surface area contributed by atoms with E-state index in [2.05, 4.69) is 49.8 Å². The van der Waals surface area contributed by atoms with Gasteiger partial charge in [-0.1, -0.05) is 63.4 Å². The number of benzene rings is 1. The standard InChI is InChI=1S/C21H28Cl2N2S.BrH/c1-14(2)11-24-20-25(12-15(3)4)19(13-26-20)21(8-5-9-21)16-6-7-17(22)18(23)10-16;/h6-7,10,13-15H,5,8-9,11-12H2,1-4H3;1H/b24-20-;. The van der Waals surface area contributed by atoms with Crippen molar-refractivity contribution in [1.29, 1.82) is 0 Å². The number of rotatable bonds is 6. The van der Waals surface area contributed by atoms with E-state index in [9.17, 15) is 0 Å². The number of thiazole rings is 1. The van der Waals surface area contributed by atoms with Gasteiger partial charge in [0.15, 0.2) is 4.80 Å². The van der Waals surface area contributed by atoms with Crippen LogP contribution in [-0.2, 0) is 12.0 Å². The molecule has 0 spiro atoms. The lowest BCUT2D eigenvalue weighted by Gasteiger charge is -2.43. The Bertz CT molecular complexity index is 835. The monoisotopic (exact) mass is 490 g/mol. The fourth-order valence-corrected chi connectivity index (χ4v) is 4.97. The van der Waals surface area contributed by atoms with Crippen LogP contribution >= 0.6 is 51.5 Å². The van der Waals surface area contributed by atoms with Crippen molar-refractivity contribution in [2.45, 2.75) is 58.9 Å². The predicted molar refractivity (Wildman–Crippen MR) is 124 cm³/mol. The van der Waals surface area contributed by atoms with Crippen LogP contribution < -0.4 is 4.80 Å². The first kappa shape index (κ1) is 23.0. The van der Waals surface area contributed by atoms with Gasteiger partial charge in [0.2, 0.25) is 0 Å². The summed E-state index contributed by atoms with van der Waals surface area (Å²) >= 11 is 14.3. The molecule has 0 unspecified atom stereocenters. The Balaban J connectivity index is 0.00000261. The van der Waals surface area contributed by atoms with Gasteiger partial charge in [-0.15, -0.1) is 28.3 Å². The van der Waals surface area contributed by atoms with E-state index in [1.54, 1.807) is 11.3 Å². The first-order valence-corrected chi connectivity index (χ1v) is 11.1. The molecule has 2 aromatic rings. The van der Waals surface area contributed by atoms with Gasteiger partial charge < -0.3 is 4.57 Å². The average molecular weight is 492 g/mol. The maximum absolute atomic E-state index is 6.35. The fourth-order valence-electron chi connectivity index (χ4n) is 3.65. The molecule has 0 bridgehead atoms. The number of hydrogen-bond acceptors (Lipinski definition) is 2. The van der Waals surface area contributed by atoms with Gasteiger partial charge in [0.25, 0.3) is 0 Å². The van der Waals surface area contributed by atoms with Gasteiger partial charge in [0.1, 0.15) is 0 Å². The summed E-state index contributed by atoms with van der Waals surface area (Å²) in [7, 11) is 0. The summed E-state index contributed by atoms with van der Waals surface area (Å²) in [5, 5.41) is 3.59. The van der Waals surface area contributed by atoms with Gasteiger partial charge in [-0.3, -0.25) is 4.99 Å². The SMILES string of the molecule is Br.CC(C)C/N=c1\scc(C2(c3ccc(Cl)c(Cl)c3)CCC2)n1CC(C)C. The van der Waals surface area contributed by atoms with Crippen molar-refractivity contribution < 1.29 is 0 Å². The van der Waals surface area contributed by atoms with Crippen LogP contribution in [0.1, 0.15) is 58.2 Å². The van der Waals surface area contributed by atoms with Gasteiger partial charge in [0.05, 0.1) is 10.0 Å². The summed E-state index contributed by atoms with van der Waals surface area (Å²) in [4.78, 5) is 6.06. The molecule has 3 rings (SSSR count). The minimum atomic E-state index is 0. The molecule has 6 heteroatoms. The molecular weight excluding hydrogens is 463 g/mol. The molecular formula is C21H29BrCl2N2S. The quantitative estimate of drug-likeness (QED) is 0.409. The smallest absolute Gasteiger partial charge is 0.184 e. The fraction of sp³-hybridized carbons (Fsp3) is 0.571. The third kappa shape index (κ3) is 4.83. The maximum atomic E-state index is 6.35. The largest absolute Gasteiger partial charge is 0.320 e. The predicted octanol–water partition coefficient (Wildman–Crippen LogP) is 7.12. The highest BCUT2D eigenvalue weighted by Gasteiger charge is 2.43. The maximum Gasteiger partial charge on any atom is 0.184 e. The lowest BCUT2D eigenvalue weighted by molar-refractivity contribution is 0.278. The van der Waals surface area contributed by atoms with Crippen molar-refractivity contribution in [1.82, 2.24) is 4.57 Å². The molecule has 1 aliphatic carbocycles. The highest BCUT2D eigenvalue weighted by atomic mass is 79.9. The van der Waals surface area contributed by atoms with Crippen LogP contribution in [0, 0.1) is 11.8 Å². The zero-order valence-corrected chi connectivity index (χ0v) is 20.5. The second-order valence-corrected chi connectivity index (χ2v) is 9.86. The molecule has 0 amide bonds. The Labute approximate surface area is 187 Å². The third-order valence-corrected chi connectivity index (χ3v) is 6.75. The Morgan fingerprint density at radius 2 is 1.81 bits per heavy atom. The molecule has 0 radical (unpaired) electrons. The van der Waals surface area contributed by atoms with Crippen molar-refractivity contribution in [3.8, 4) is 0 Å². The van der Waals surface area contributed by atoms with E-state index in [1.807, 2.05) is 6.07 Å². The lowest BCUT2D eigenvalue weighted by atomic mass is 9.62. The van der Waals surface area contributed by atoms with E-state index in [1.165, 1.54) is 17.7 Å². The van der Waals surface area contributed by atoms with Crippen LogP contribution in [0.3, 0.4) is 0 Å². The Kier molecular flexibility index (Phi) is 8.07. The van der Waals surface area contributed by atoms with Gasteiger partial charge in [0, 0.05) is 29.6 Å². The Hall–Kier alpha value is -0.290. The normalized spacial score (nSPS) is 16.5. The van der Waals surface area contributed by atoms with Gasteiger partial charge >= 0.3 is 0 Å². The second kappa shape index (κ2) is 9.47. The van der Waals surface area contributed by atoms with Crippen molar-refractivity contribution in [3.05, 3.63) is 49.7 Å². The third-order valence-electron chi connectivity index (χ3n) is 5.11. The van der Waals surface area contributed by atoms with E-state index < -0.39 is 0 Å². The average Bonchev–Trinajstić information content (AvgIpc) is 2.90. The minimum absolute atomic E-state index is 0. The molecule has 1 aliphatic rings. The van der Waals surface area contributed by atoms with Crippen LogP contribution in [-0.4, -0.2) is 11.1 Å². The molecule has 1 fully saturated rings.